The molecule has 2 aromatic rings. The standard InChI is InChI=1S/C15H18N2O2S/c1-19-10-3-9-16-12-5-7-13(8-6-12)17-15(18)14-4-2-11-20-14/h2,4-8,11,16H,3,9-10H2,1H3,(H,17,18). The molecule has 1 heterocycles. The van der Waals surface area contributed by atoms with Crippen LogP contribution in [0.4, 0.5) is 11.4 Å². The van der Waals surface area contributed by atoms with E-state index < -0.39 is 0 Å². The zero-order valence-electron chi connectivity index (χ0n) is 11.4. The Morgan fingerprint density at radius 1 is 1.20 bits per heavy atom. The van der Waals surface area contributed by atoms with E-state index in [2.05, 4.69) is 10.6 Å². The number of amides is 1. The van der Waals surface area contributed by atoms with Gasteiger partial charge >= 0.3 is 0 Å². The third kappa shape index (κ3) is 4.36. The lowest BCUT2D eigenvalue weighted by Crippen LogP contribution is -2.10. The summed E-state index contributed by atoms with van der Waals surface area (Å²) in [6, 6.07) is 11.4. The van der Waals surface area contributed by atoms with Crippen LogP contribution in [0.25, 0.3) is 0 Å². The predicted molar refractivity (Wildman–Crippen MR) is 83.7 cm³/mol. The zero-order valence-corrected chi connectivity index (χ0v) is 12.2. The van der Waals surface area contributed by atoms with Crippen molar-refractivity contribution in [1.82, 2.24) is 0 Å². The topological polar surface area (TPSA) is 50.4 Å². The molecule has 0 spiro atoms. The van der Waals surface area contributed by atoms with Gasteiger partial charge in [0.25, 0.3) is 5.91 Å². The number of anilines is 2. The van der Waals surface area contributed by atoms with Crippen molar-refractivity contribution in [3.05, 3.63) is 46.7 Å². The Balaban J connectivity index is 1.83. The maximum absolute atomic E-state index is 11.9. The van der Waals surface area contributed by atoms with Gasteiger partial charge < -0.3 is 15.4 Å². The van der Waals surface area contributed by atoms with E-state index in [0.29, 0.717) is 4.88 Å². The summed E-state index contributed by atoms with van der Waals surface area (Å²) in [7, 11) is 1.70. The van der Waals surface area contributed by atoms with E-state index in [-0.39, 0.29) is 5.91 Å². The lowest BCUT2D eigenvalue weighted by atomic mass is 10.2. The number of hydrogen-bond acceptors (Lipinski definition) is 4. The lowest BCUT2D eigenvalue weighted by molar-refractivity contribution is 0.103. The van der Waals surface area contributed by atoms with Crippen LogP contribution in [0.5, 0.6) is 0 Å². The Morgan fingerprint density at radius 2 is 1.95 bits per heavy atom. The Hall–Kier alpha value is -1.85. The fourth-order valence-electron chi connectivity index (χ4n) is 1.72. The Kier molecular flexibility index (Phi) is 5.58. The van der Waals surface area contributed by atoms with Crippen LogP contribution < -0.4 is 10.6 Å². The van der Waals surface area contributed by atoms with Gasteiger partial charge in [0.1, 0.15) is 0 Å². The normalized spacial score (nSPS) is 10.2. The molecule has 5 heteroatoms. The number of rotatable bonds is 7. The van der Waals surface area contributed by atoms with Crippen molar-refractivity contribution < 1.29 is 9.53 Å². The van der Waals surface area contributed by atoms with Gasteiger partial charge in [0.2, 0.25) is 0 Å². The van der Waals surface area contributed by atoms with E-state index in [4.69, 9.17) is 4.74 Å². The van der Waals surface area contributed by atoms with Crippen molar-refractivity contribution >= 4 is 28.6 Å². The number of hydrogen-bond donors (Lipinski definition) is 2. The number of nitrogens with one attached hydrogen (secondary N) is 2. The molecule has 0 aliphatic carbocycles. The molecular formula is C15H18N2O2S. The summed E-state index contributed by atoms with van der Waals surface area (Å²) in [5.74, 6) is -0.0687. The molecule has 0 aliphatic rings. The number of benzene rings is 1. The molecule has 20 heavy (non-hydrogen) atoms. The minimum Gasteiger partial charge on any atom is -0.385 e. The first-order valence-electron chi connectivity index (χ1n) is 6.47. The maximum Gasteiger partial charge on any atom is 0.265 e. The van der Waals surface area contributed by atoms with Crippen LogP contribution in [0.3, 0.4) is 0 Å². The first-order chi connectivity index (χ1) is 9.79. The number of carbonyl (C=O) groups excluding carboxylic acids is 1. The molecule has 4 nitrogen and oxygen atoms in total. The van der Waals surface area contributed by atoms with Crippen LogP contribution in [0, 0.1) is 0 Å². The smallest absolute Gasteiger partial charge is 0.265 e. The van der Waals surface area contributed by atoms with Crippen LogP contribution in [-0.4, -0.2) is 26.2 Å². The van der Waals surface area contributed by atoms with E-state index >= 15 is 0 Å². The second kappa shape index (κ2) is 7.67. The summed E-state index contributed by atoms with van der Waals surface area (Å²) in [6.07, 6.45) is 0.966. The summed E-state index contributed by atoms with van der Waals surface area (Å²) in [5.41, 5.74) is 1.83. The van der Waals surface area contributed by atoms with Gasteiger partial charge in [-0.1, -0.05) is 6.07 Å². The van der Waals surface area contributed by atoms with E-state index in [1.165, 1.54) is 11.3 Å². The summed E-state index contributed by atoms with van der Waals surface area (Å²) in [5, 5.41) is 8.06. The fourth-order valence-corrected chi connectivity index (χ4v) is 2.34. The fraction of sp³-hybridized carbons (Fsp3) is 0.267. The molecule has 2 rings (SSSR count). The van der Waals surface area contributed by atoms with Crippen molar-refractivity contribution in [3.8, 4) is 0 Å². The van der Waals surface area contributed by atoms with Crippen molar-refractivity contribution in [2.45, 2.75) is 6.42 Å². The summed E-state index contributed by atoms with van der Waals surface area (Å²) in [6.45, 7) is 1.62. The van der Waals surface area contributed by atoms with Crippen LogP contribution in [0.2, 0.25) is 0 Å². The monoisotopic (exact) mass is 290 g/mol. The van der Waals surface area contributed by atoms with Gasteiger partial charge in [-0.3, -0.25) is 4.79 Å². The van der Waals surface area contributed by atoms with Gasteiger partial charge in [-0.15, -0.1) is 11.3 Å². The molecule has 0 radical (unpaired) electrons. The maximum atomic E-state index is 11.9. The molecule has 0 aliphatic heterocycles. The second-order valence-corrected chi connectivity index (χ2v) is 5.23. The van der Waals surface area contributed by atoms with Crippen molar-refractivity contribution in [2.75, 3.05) is 30.9 Å². The van der Waals surface area contributed by atoms with Gasteiger partial charge in [-0.2, -0.15) is 0 Å². The highest BCUT2D eigenvalue weighted by Crippen LogP contribution is 2.16. The molecule has 1 amide bonds. The molecule has 0 saturated carbocycles. The number of thiophene rings is 1. The Labute approximate surface area is 122 Å². The number of methoxy groups -OCH3 is 1. The average Bonchev–Trinajstić information content (AvgIpc) is 3.00. The van der Waals surface area contributed by atoms with Crippen molar-refractivity contribution in [3.63, 3.8) is 0 Å². The van der Waals surface area contributed by atoms with Crippen molar-refractivity contribution in [2.24, 2.45) is 0 Å². The summed E-state index contributed by atoms with van der Waals surface area (Å²) in [4.78, 5) is 12.6. The average molecular weight is 290 g/mol. The third-order valence-corrected chi connectivity index (χ3v) is 3.61. The summed E-state index contributed by atoms with van der Waals surface area (Å²) < 4.78 is 4.99. The molecular weight excluding hydrogens is 272 g/mol. The highest BCUT2D eigenvalue weighted by Gasteiger charge is 2.06. The third-order valence-electron chi connectivity index (χ3n) is 2.74. The van der Waals surface area contributed by atoms with Crippen LogP contribution >= 0.6 is 11.3 Å². The predicted octanol–water partition coefficient (Wildman–Crippen LogP) is 3.45. The van der Waals surface area contributed by atoms with Gasteiger partial charge in [-0.25, -0.2) is 0 Å². The Morgan fingerprint density at radius 3 is 2.60 bits per heavy atom. The van der Waals surface area contributed by atoms with Gasteiger partial charge in [0.15, 0.2) is 0 Å². The van der Waals surface area contributed by atoms with Crippen molar-refractivity contribution in [1.29, 1.82) is 0 Å². The van der Waals surface area contributed by atoms with Gasteiger partial charge in [0.05, 0.1) is 4.88 Å². The molecule has 1 aromatic carbocycles. The largest absolute Gasteiger partial charge is 0.385 e. The molecule has 0 saturated heterocycles. The summed E-state index contributed by atoms with van der Waals surface area (Å²) >= 11 is 1.43. The SMILES string of the molecule is COCCCNc1ccc(NC(=O)c2cccs2)cc1. The van der Waals surface area contributed by atoms with Crippen LogP contribution in [0.1, 0.15) is 16.1 Å². The molecule has 0 fully saturated rings. The number of carbonyl (C=O) groups is 1. The van der Waals surface area contributed by atoms with Gasteiger partial charge in [-0.05, 0) is 42.1 Å². The molecule has 0 bridgehead atoms. The zero-order chi connectivity index (χ0) is 14.2. The Bertz CT molecular complexity index is 523. The molecule has 0 atom stereocenters. The van der Waals surface area contributed by atoms with E-state index in [0.717, 1.165) is 30.9 Å². The first-order valence-corrected chi connectivity index (χ1v) is 7.35. The van der Waals surface area contributed by atoms with E-state index in [9.17, 15) is 4.79 Å². The molecule has 1 aromatic heterocycles. The van der Waals surface area contributed by atoms with Gasteiger partial charge in [0, 0.05) is 31.6 Å². The molecule has 2 N–H and O–H groups in total. The quantitative estimate of drug-likeness (QED) is 0.768. The first kappa shape index (κ1) is 14.6. The lowest BCUT2D eigenvalue weighted by Gasteiger charge is -2.08. The van der Waals surface area contributed by atoms with Crippen LogP contribution in [-0.2, 0) is 4.74 Å². The van der Waals surface area contributed by atoms with E-state index in [1.54, 1.807) is 7.11 Å². The highest BCUT2D eigenvalue weighted by atomic mass is 32.1. The minimum atomic E-state index is -0.0687. The molecule has 106 valence electrons. The van der Waals surface area contributed by atoms with E-state index in [1.807, 2.05) is 41.8 Å². The number of ether oxygens (including phenoxy) is 1. The highest BCUT2D eigenvalue weighted by molar-refractivity contribution is 7.12. The molecule has 0 unspecified atom stereocenters. The van der Waals surface area contributed by atoms with Crippen LogP contribution in [0.15, 0.2) is 41.8 Å². The second-order valence-electron chi connectivity index (χ2n) is 4.28. The minimum absolute atomic E-state index is 0.0687.